The van der Waals surface area contributed by atoms with E-state index < -0.39 is 0 Å². The molecular formula is C18H35N5O. The molecule has 1 atom stereocenters. The van der Waals surface area contributed by atoms with Crippen LogP contribution in [0.1, 0.15) is 46.0 Å². The number of hydrogen-bond donors (Lipinski definition) is 2. The van der Waals surface area contributed by atoms with Crippen LogP contribution in [0, 0.1) is 5.92 Å². The summed E-state index contributed by atoms with van der Waals surface area (Å²) in [5, 5.41) is 6.74. The molecule has 2 fully saturated rings. The second-order valence-electron chi connectivity index (χ2n) is 6.89. The summed E-state index contributed by atoms with van der Waals surface area (Å²) in [6, 6.07) is 0. The second kappa shape index (κ2) is 10.5. The fourth-order valence-corrected chi connectivity index (χ4v) is 3.57. The summed E-state index contributed by atoms with van der Waals surface area (Å²) in [7, 11) is 0. The summed E-state index contributed by atoms with van der Waals surface area (Å²) in [6.07, 6.45) is 5.31. The highest BCUT2D eigenvalue weighted by Gasteiger charge is 2.19. The second-order valence-corrected chi connectivity index (χ2v) is 6.89. The number of aliphatic imine (C=N–C) groups is 1. The monoisotopic (exact) mass is 337 g/mol. The van der Waals surface area contributed by atoms with Crippen molar-refractivity contribution in [2.45, 2.75) is 46.0 Å². The molecule has 2 heterocycles. The zero-order chi connectivity index (χ0) is 17.2. The molecule has 0 bridgehead atoms. The van der Waals surface area contributed by atoms with Gasteiger partial charge in [-0.05, 0) is 51.6 Å². The van der Waals surface area contributed by atoms with Gasteiger partial charge in [0.05, 0.1) is 0 Å². The molecule has 0 aliphatic carbocycles. The minimum Gasteiger partial charge on any atom is -0.357 e. The summed E-state index contributed by atoms with van der Waals surface area (Å²) in [6.45, 7) is 12.3. The maximum Gasteiger partial charge on any atom is 0.222 e. The van der Waals surface area contributed by atoms with Crippen LogP contribution in [0.15, 0.2) is 4.99 Å². The maximum atomic E-state index is 11.6. The van der Waals surface area contributed by atoms with E-state index in [1.165, 1.54) is 25.9 Å². The van der Waals surface area contributed by atoms with Crippen LogP contribution in [0.25, 0.3) is 0 Å². The first-order valence-corrected chi connectivity index (χ1v) is 9.75. The lowest BCUT2D eigenvalue weighted by atomic mass is 9.98. The third kappa shape index (κ3) is 6.30. The van der Waals surface area contributed by atoms with Crippen LogP contribution in [0.5, 0.6) is 0 Å². The smallest absolute Gasteiger partial charge is 0.222 e. The van der Waals surface area contributed by atoms with Gasteiger partial charge < -0.3 is 20.4 Å². The molecule has 138 valence electrons. The number of likely N-dealkylation sites (tertiary alicyclic amines) is 2. The Morgan fingerprint density at radius 1 is 1.25 bits per heavy atom. The van der Waals surface area contributed by atoms with E-state index in [1.807, 2.05) is 4.90 Å². The van der Waals surface area contributed by atoms with Crippen LogP contribution in [0.4, 0.5) is 0 Å². The van der Waals surface area contributed by atoms with E-state index in [0.717, 1.165) is 64.5 Å². The van der Waals surface area contributed by atoms with E-state index in [9.17, 15) is 4.79 Å². The Hall–Kier alpha value is -1.30. The van der Waals surface area contributed by atoms with Crippen molar-refractivity contribution in [2.24, 2.45) is 10.9 Å². The third-order valence-electron chi connectivity index (χ3n) is 4.97. The molecule has 1 unspecified atom stereocenters. The van der Waals surface area contributed by atoms with Crippen molar-refractivity contribution in [1.29, 1.82) is 0 Å². The summed E-state index contributed by atoms with van der Waals surface area (Å²) in [5.74, 6) is 1.91. The van der Waals surface area contributed by atoms with Gasteiger partial charge in [0.15, 0.2) is 5.96 Å². The van der Waals surface area contributed by atoms with Crippen LogP contribution in [0.2, 0.25) is 0 Å². The van der Waals surface area contributed by atoms with Gasteiger partial charge in [0.1, 0.15) is 0 Å². The summed E-state index contributed by atoms with van der Waals surface area (Å²) >= 11 is 0. The van der Waals surface area contributed by atoms with Gasteiger partial charge in [0, 0.05) is 45.7 Å². The van der Waals surface area contributed by atoms with E-state index in [-0.39, 0.29) is 0 Å². The molecule has 2 saturated heterocycles. The number of piperidine rings is 1. The molecule has 0 aromatic heterocycles. The average Bonchev–Trinajstić information content (AvgIpc) is 3.01. The number of nitrogens with zero attached hydrogens (tertiary/aromatic N) is 3. The zero-order valence-electron chi connectivity index (χ0n) is 15.5. The van der Waals surface area contributed by atoms with Gasteiger partial charge in [-0.25, -0.2) is 0 Å². The molecule has 1 amide bonds. The van der Waals surface area contributed by atoms with E-state index in [2.05, 4.69) is 29.4 Å². The Kier molecular flexibility index (Phi) is 8.36. The molecule has 24 heavy (non-hydrogen) atoms. The van der Waals surface area contributed by atoms with Crippen molar-refractivity contribution in [1.82, 2.24) is 20.4 Å². The number of nitrogens with one attached hydrogen (secondary N) is 2. The molecule has 2 N–H and O–H groups in total. The highest BCUT2D eigenvalue weighted by atomic mass is 16.2. The standard InChI is InChI=1S/C18H35N5O/c1-3-19-18(20-10-7-13-23-12-6-9-17(23)24)21-14-16-8-5-11-22(4-2)15-16/h16H,3-15H2,1-2H3,(H2,19,20,21). The van der Waals surface area contributed by atoms with E-state index in [0.29, 0.717) is 11.8 Å². The first-order chi connectivity index (χ1) is 11.7. The zero-order valence-corrected chi connectivity index (χ0v) is 15.5. The number of guanidine groups is 1. The minimum absolute atomic E-state index is 0.313. The van der Waals surface area contributed by atoms with Crippen molar-refractivity contribution < 1.29 is 4.79 Å². The quantitative estimate of drug-likeness (QED) is 0.398. The van der Waals surface area contributed by atoms with E-state index in [4.69, 9.17) is 4.99 Å². The minimum atomic E-state index is 0.313. The fraction of sp³-hybridized carbons (Fsp3) is 0.889. The highest BCUT2D eigenvalue weighted by molar-refractivity contribution is 5.79. The van der Waals surface area contributed by atoms with Crippen molar-refractivity contribution in [3.8, 4) is 0 Å². The topological polar surface area (TPSA) is 60.0 Å². The van der Waals surface area contributed by atoms with Crippen LogP contribution in [-0.4, -0.2) is 74.0 Å². The Balaban J connectivity index is 1.68. The molecule has 0 saturated carbocycles. The van der Waals surface area contributed by atoms with Crippen LogP contribution < -0.4 is 10.6 Å². The van der Waals surface area contributed by atoms with Gasteiger partial charge in [-0.3, -0.25) is 9.79 Å². The fourth-order valence-electron chi connectivity index (χ4n) is 3.57. The molecule has 0 radical (unpaired) electrons. The van der Waals surface area contributed by atoms with Gasteiger partial charge in [-0.15, -0.1) is 0 Å². The predicted molar refractivity (Wildman–Crippen MR) is 99.3 cm³/mol. The van der Waals surface area contributed by atoms with Crippen molar-refractivity contribution in [3.63, 3.8) is 0 Å². The molecular weight excluding hydrogens is 302 g/mol. The Labute approximate surface area is 147 Å². The Morgan fingerprint density at radius 3 is 2.83 bits per heavy atom. The lowest BCUT2D eigenvalue weighted by Gasteiger charge is -2.31. The lowest BCUT2D eigenvalue weighted by Crippen LogP contribution is -2.40. The van der Waals surface area contributed by atoms with E-state index in [1.54, 1.807) is 0 Å². The van der Waals surface area contributed by atoms with Crippen molar-refractivity contribution in [2.75, 3.05) is 52.4 Å². The molecule has 2 rings (SSSR count). The number of hydrogen-bond acceptors (Lipinski definition) is 3. The molecule has 6 heteroatoms. The van der Waals surface area contributed by atoms with Gasteiger partial charge in [-0.1, -0.05) is 6.92 Å². The third-order valence-corrected chi connectivity index (χ3v) is 4.97. The number of carbonyl (C=O) groups excluding carboxylic acids is 1. The molecule has 2 aliphatic heterocycles. The SMILES string of the molecule is CCNC(=NCC1CCCN(CC)C1)NCCCN1CCCC1=O. The highest BCUT2D eigenvalue weighted by Crippen LogP contribution is 2.16. The van der Waals surface area contributed by atoms with Crippen LogP contribution in [0.3, 0.4) is 0 Å². The molecule has 0 spiro atoms. The van der Waals surface area contributed by atoms with Gasteiger partial charge in [-0.2, -0.15) is 0 Å². The van der Waals surface area contributed by atoms with Crippen molar-refractivity contribution >= 4 is 11.9 Å². The van der Waals surface area contributed by atoms with Crippen molar-refractivity contribution in [3.05, 3.63) is 0 Å². The lowest BCUT2D eigenvalue weighted by molar-refractivity contribution is -0.127. The van der Waals surface area contributed by atoms with Crippen LogP contribution in [-0.2, 0) is 4.79 Å². The average molecular weight is 338 g/mol. The molecule has 0 aromatic carbocycles. The number of carbonyl (C=O) groups is 1. The Morgan fingerprint density at radius 2 is 2.12 bits per heavy atom. The molecule has 2 aliphatic rings. The van der Waals surface area contributed by atoms with E-state index >= 15 is 0 Å². The normalized spacial score (nSPS) is 22.9. The first kappa shape index (κ1) is 19.0. The summed E-state index contributed by atoms with van der Waals surface area (Å²) in [5.41, 5.74) is 0. The summed E-state index contributed by atoms with van der Waals surface area (Å²) in [4.78, 5) is 20.9. The van der Waals surface area contributed by atoms with Crippen LogP contribution >= 0.6 is 0 Å². The first-order valence-electron chi connectivity index (χ1n) is 9.75. The number of rotatable bonds is 8. The van der Waals surface area contributed by atoms with Gasteiger partial charge in [0.25, 0.3) is 0 Å². The summed E-state index contributed by atoms with van der Waals surface area (Å²) < 4.78 is 0. The predicted octanol–water partition coefficient (Wildman–Crippen LogP) is 1.29. The van der Waals surface area contributed by atoms with Gasteiger partial charge >= 0.3 is 0 Å². The largest absolute Gasteiger partial charge is 0.357 e. The maximum absolute atomic E-state index is 11.6. The Bertz CT molecular complexity index is 412. The molecule has 0 aromatic rings. The number of amides is 1. The van der Waals surface area contributed by atoms with Gasteiger partial charge in [0.2, 0.25) is 5.91 Å². The molecule has 6 nitrogen and oxygen atoms in total.